The van der Waals surface area contributed by atoms with Crippen LogP contribution in [0.4, 0.5) is 0 Å². The molecule has 1 saturated heterocycles. The fourth-order valence-corrected chi connectivity index (χ4v) is 2.98. The number of methoxy groups -OCH3 is 1. The minimum Gasteiger partial charge on any atom is -0.385 e. The molecule has 1 heterocycles. The van der Waals surface area contributed by atoms with Gasteiger partial charge in [0.25, 0.3) is 0 Å². The molecule has 1 aliphatic heterocycles. The lowest BCUT2D eigenvalue weighted by Crippen LogP contribution is -2.58. The van der Waals surface area contributed by atoms with Crippen LogP contribution in [-0.4, -0.2) is 43.8 Å². The summed E-state index contributed by atoms with van der Waals surface area (Å²) in [6.07, 6.45) is 2.34. The Kier molecular flexibility index (Phi) is 5.58. The number of unbranched alkanes of at least 4 members (excludes halogenated alkanes) is 1. The third kappa shape index (κ3) is 4.30. The van der Waals surface area contributed by atoms with Crippen LogP contribution in [0.5, 0.6) is 0 Å². The summed E-state index contributed by atoms with van der Waals surface area (Å²) in [4.78, 5) is 2.63. The van der Waals surface area contributed by atoms with Crippen molar-refractivity contribution < 1.29 is 4.74 Å². The summed E-state index contributed by atoms with van der Waals surface area (Å²) >= 11 is 0. The first-order valence-electron chi connectivity index (χ1n) is 7.65. The summed E-state index contributed by atoms with van der Waals surface area (Å²) in [5.74, 6) is 0. The Hall–Kier alpha value is -0.900. The van der Waals surface area contributed by atoms with Crippen LogP contribution in [-0.2, 0) is 4.74 Å². The van der Waals surface area contributed by atoms with E-state index in [1.807, 2.05) is 0 Å². The minimum absolute atomic E-state index is 0.201. The first-order chi connectivity index (χ1) is 9.62. The standard InChI is InChI=1S/C17H28N2O/c1-17(2)14-19(11-7-8-12-20-3)16(13-18-17)15-9-5-4-6-10-15/h4-6,9-10,16,18H,7-8,11-14H2,1-3H3. The Morgan fingerprint density at radius 2 is 2.00 bits per heavy atom. The number of benzene rings is 1. The lowest BCUT2D eigenvalue weighted by Gasteiger charge is -2.45. The van der Waals surface area contributed by atoms with Crippen LogP contribution in [0.1, 0.15) is 38.3 Å². The van der Waals surface area contributed by atoms with E-state index < -0.39 is 0 Å². The second-order valence-corrected chi connectivity index (χ2v) is 6.36. The van der Waals surface area contributed by atoms with Gasteiger partial charge < -0.3 is 10.1 Å². The molecule has 1 fully saturated rings. The Morgan fingerprint density at radius 1 is 1.25 bits per heavy atom. The highest BCUT2D eigenvalue weighted by molar-refractivity contribution is 5.20. The molecule has 0 spiro atoms. The van der Waals surface area contributed by atoms with Crippen LogP contribution >= 0.6 is 0 Å². The number of nitrogens with zero attached hydrogens (tertiary/aromatic N) is 1. The van der Waals surface area contributed by atoms with Crippen molar-refractivity contribution in [2.24, 2.45) is 0 Å². The SMILES string of the molecule is COCCCCN1CC(C)(C)NCC1c1ccccc1. The molecule has 112 valence electrons. The van der Waals surface area contributed by atoms with Gasteiger partial charge in [-0.05, 0) is 38.8 Å². The second kappa shape index (κ2) is 7.21. The second-order valence-electron chi connectivity index (χ2n) is 6.36. The largest absolute Gasteiger partial charge is 0.385 e. The maximum absolute atomic E-state index is 5.15. The van der Waals surface area contributed by atoms with Gasteiger partial charge in [0.1, 0.15) is 0 Å². The molecule has 1 aromatic carbocycles. The highest BCUT2D eigenvalue weighted by Crippen LogP contribution is 2.27. The highest BCUT2D eigenvalue weighted by Gasteiger charge is 2.32. The van der Waals surface area contributed by atoms with Crippen molar-refractivity contribution in [3.63, 3.8) is 0 Å². The Morgan fingerprint density at radius 3 is 2.70 bits per heavy atom. The zero-order valence-electron chi connectivity index (χ0n) is 13.1. The smallest absolute Gasteiger partial charge is 0.0473 e. The quantitative estimate of drug-likeness (QED) is 0.809. The lowest BCUT2D eigenvalue weighted by molar-refractivity contribution is 0.0897. The maximum Gasteiger partial charge on any atom is 0.0473 e. The first-order valence-corrected chi connectivity index (χ1v) is 7.65. The number of piperazine rings is 1. The molecule has 0 aliphatic carbocycles. The number of hydrogen-bond acceptors (Lipinski definition) is 3. The van der Waals surface area contributed by atoms with E-state index in [4.69, 9.17) is 4.74 Å². The topological polar surface area (TPSA) is 24.5 Å². The van der Waals surface area contributed by atoms with Crippen LogP contribution in [0.3, 0.4) is 0 Å². The Bertz CT molecular complexity index is 391. The molecule has 0 aromatic heterocycles. The van der Waals surface area contributed by atoms with Crippen molar-refractivity contribution in [2.75, 3.05) is 33.4 Å². The fraction of sp³-hybridized carbons (Fsp3) is 0.647. The van der Waals surface area contributed by atoms with E-state index >= 15 is 0 Å². The normalized spacial score (nSPS) is 22.9. The van der Waals surface area contributed by atoms with Crippen LogP contribution < -0.4 is 5.32 Å². The van der Waals surface area contributed by atoms with Gasteiger partial charge in [0.2, 0.25) is 0 Å². The Labute approximate surface area is 123 Å². The van der Waals surface area contributed by atoms with E-state index in [2.05, 4.69) is 54.4 Å². The predicted molar refractivity (Wildman–Crippen MR) is 83.9 cm³/mol. The van der Waals surface area contributed by atoms with Gasteiger partial charge >= 0.3 is 0 Å². The molecule has 20 heavy (non-hydrogen) atoms. The minimum atomic E-state index is 0.201. The van der Waals surface area contributed by atoms with Crippen LogP contribution in [0, 0.1) is 0 Å². The predicted octanol–water partition coefficient (Wildman–Crippen LogP) is 2.84. The lowest BCUT2D eigenvalue weighted by atomic mass is 9.94. The number of nitrogens with one attached hydrogen (secondary N) is 1. The summed E-state index contributed by atoms with van der Waals surface area (Å²) in [7, 11) is 1.78. The summed E-state index contributed by atoms with van der Waals surface area (Å²) < 4.78 is 5.15. The third-order valence-electron chi connectivity index (χ3n) is 4.04. The first kappa shape index (κ1) is 15.5. The summed E-state index contributed by atoms with van der Waals surface area (Å²) in [5, 5.41) is 3.67. The summed E-state index contributed by atoms with van der Waals surface area (Å²) in [6.45, 7) is 8.72. The van der Waals surface area contributed by atoms with Crippen LogP contribution in [0.25, 0.3) is 0 Å². The van der Waals surface area contributed by atoms with Crippen LogP contribution in [0.2, 0.25) is 0 Å². The number of hydrogen-bond donors (Lipinski definition) is 1. The van der Waals surface area contributed by atoms with E-state index in [0.717, 1.165) is 32.7 Å². The zero-order chi connectivity index (χ0) is 14.4. The average molecular weight is 276 g/mol. The molecule has 0 amide bonds. The maximum atomic E-state index is 5.15. The van der Waals surface area contributed by atoms with Crippen molar-refractivity contribution in [2.45, 2.75) is 38.3 Å². The molecule has 0 radical (unpaired) electrons. The van der Waals surface area contributed by atoms with E-state index in [0.29, 0.717) is 6.04 Å². The van der Waals surface area contributed by atoms with Gasteiger partial charge in [-0.25, -0.2) is 0 Å². The van der Waals surface area contributed by atoms with E-state index in [-0.39, 0.29) is 5.54 Å². The molecule has 0 saturated carbocycles. The zero-order valence-corrected chi connectivity index (χ0v) is 13.1. The van der Waals surface area contributed by atoms with Crippen molar-refractivity contribution in [3.05, 3.63) is 35.9 Å². The third-order valence-corrected chi connectivity index (χ3v) is 4.04. The van der Waals surface area contributed by atoms with Crippen molar-refractivity contribution in [1.29, 1.82) is 0 Å². The van der Waals surface area contributed by atoms with Gasteiger partial charge in [-0.3, -0.25) is 4.90 Å². The van der Waals surface area contributed by atoms with Crippen molar-refractivity contribution in [1.82, 2.24) is 10.2 Å². The van der Waals surface area contributed by atoms with Gasteiger partial charge in [-0.2, -0.15) is 0 Å². The van der Waals surface area contributed by atoms with E-state index in [1.165, 1.54) is 12.0 Å². The summed E-state index contributed by atoms with van der Waals surface area (Å²) in [6, 6.07) is 11.3. The molecule has 1 aromatic rings. The molecule has 1 N–H and O–H groups in total. The molecular formula is C17H28N2O. The fourth-order valence-electron chi connectivity index (χ4n) is 2.98. The number of ether oxygens (including phenoxy) is 1. The van der Waals surface area contributed by atoms with Gasteiger partial charge in [-0.15, -0.1) is 0 Å². The van der Waals surface area contributed by atoms with Crippen LogP contribution in [0.15, 0.2) is 30.3 Å². The monoisotopic (exact) mass is 276 g/mol. The average Bonchev–Trinajstić information content (AvgIpc) is 2.44. The molecule has 3 heteroatoms. The molecule has 0 bridgehead atoms. The molecule has 3 nitrogen and oxygen atoms in total. The van der Waals surface area contributed by atoms with Crippen molar-refractivity contribution >= 4 is 0 Å². The molecule has 2 rings (SSSR count). The molecule has 1 atom stereocenters. The van der Waals surface area contributed by atoms with Crippen molar-refractivity contribution in [3.8, 4) is 0 Å². The van der Waals surface area contributed by atoms with Gasteiger partial charge in [-0.1, -0.05) is 30.3 Å². The van der Waals surface area contributed by atoms with E-state index in [9.17, 15) is 0 Å². The van der Waals surface area contributed by atoms with Gasteiger partial charge in [0, 0.05) is 38.4 Å². The van der Waals surface area contributed by atoms with E-state index in [1.54, 1.807) is 7.11 Å². The molecule has 1 unspecified atom stereocenters. The highest BCUT2D eigenvalue weighted by atomic mass is 16.5. The number of rotatable bonds is 6. The molecule has 1 aliphatic rings. The molecular weight excluding hydrogens is 248 g/mol. The van der Waals surface area contributed by atoms with Gasteiger partial charge in [0.05, 0.1) is 0 Å². The Balaban J connectivity index is 2.00. The summed E-state index contributed by atoms with van der Waals surface area (Å²) in [5.41, 5.74) is 1.62. The van der Waals surface area contributed by atoms with Gasteiger partial charge in [0.15, 0.2) is 0 Å².